The molecular weight excluding hydrogens is 396 g/mol. The van der Waals surface area contributed by atoms with E-state index < -0.39 is 5.60 Å². The van der Waals surface area contributed by atoms with E-state index in [-0.39, 0.29) is 5.41 Å². The fourth-order valence-electron chi connectivity index (χ4n) is 7.66. The first-order valence-electron chi connectivity index (χ1n) is 12.1. The van der Waals surface area contributed by atoms with Crippen molar-refractivity contribution in [1.82, 2.24) is 0 Å². The Labute approximate surface area is 190 Å². The maximum Gasteiger partial charge on any atom is 0.155 e. The van der Waals surface area contributed by atoms with Gasteiger partial charge in [0, 0.05) is 17.4 Å². The molecule has 0 aliphatic heterocycles. The minimum atomic E-state index is -0.781. The van der Waals surface area contributed by atoms with E-state index in [1.54, 1.807) is 12.5 Å². The van der Waals surface area contributed by atoms with Crippen molar-refractivity contribution < 1.29 is 14.3 Å². The lowest BCUT2D eigenvalue weighted by Crippen LogP contribution is -2.54. The maximum absolute atomic E-state index is 12.2. The van der Waals surface area contributed by atoms with Gasteiger partial charge in [-0.1, -0.05) is 48.9 Å². The largest absolute Gasteiger partial charge is 0.472 e. The van der Waals surface area contributed by atoms with Crippen LogP contribution in [0.2, 0.25) is 0 Å². The zero-order chi connectivity index (χ0) is 22.1. The molecule has 3 heteroatoms. The highest BCUT2D eigenvalue weighted by Gasteiger charge is 2.61. The summed E-state index contributed by atoms with van der Waals surface area (Å²) < 4.78 is 5.27. The van der Waals surface area contributed by atoms with E-state index >= 15 is 0 Å². The molecule has 1 heterocycles. The normalized spacial score (nSPS) is 40.4. The van der Waals surface area contributed by atoms with Crippen LogP contribution in [-0.2, 0) is 4.79 Å². The van der Waals surface area contributed by atoms with Crippen LogP contribution in [0.1, 0.15) is 57.4 Å². The molecule has 2 fully saturated rings. The van der Waals surface area contributed by atoms with Crippen molar-refractivity contribution >= 4 is 5.78 Å². The zero-order valence-corrected chi connectivity index (χ0v) is 19.0. The highest BCUT2D eigenvalue weighted by atomic mass is 16.3. The maximum atomic E-state index is 12.2. The van der Waals surface area contributed by atoms with Crippen LogP contribution < -0.4 is 0 Å². The molecule has 3 nitrogen and oxygen atoms in total. The third kappa shape index (κ3) is 2.86. The minimum absolute atomic E-state index is 0.159. The van der Waals surface area contributed by atoms with Gasteiger partial charge in [-0.3, -0.25) is 4.79 Å². The van der Waals surface area contributed by atoms with Crippen LogP contribution in [0.4, 0.5) is 0 Å². The molecule has 1 aromatic carbocycles. The number of hydrogen-bond acceptors (Lipinski definition) is 3. The Morgan fingerprint density at radius 1 is 1.00 bits per heavy atom. The number of allylic oxidation sites excluding steroid dienone is 3. The number of carbonyl (C=O) groups excluding carboxylic acids is 1. The number of benzene rings is 1. The van der Waals surface area contributed by atoms with Crippen LogP contribution in [0, 0.1) is 29.1 Å². The number of aliphatic hydroxyl groups is 1. The number of ketones is 1. The van der Waals surface area contributed by atoms with Gasteiger partial charge >= 0.3 is 0 Å². The molecule has 2 saturated carbocycles. The Morgan fingerprint density at radius 2 is 1.81 bits per heavy atom. The Morgan fingerprint density at radius 3 is 2.56 bits per heavy atom. The molecule has 7 atom stereocenters. The smallest absolute Gasteiger partial charge is 0.155 e. The molecule has 1 aromatic heterocycles. The summed E-state index contributed by atoms with van der Waals surface area (Å²) in [6, 6.07) is 11.0. The minimum Gasteiger partial charge on any atom is -0.472 e. The Hall–Kier alpha value is -2.39. The third-order valence-corrected chi connectivity index (χ3v) is 9.53. The van der Waals surface area contributed by atoms with Gasteiger partial charge < -0.3 is 9.52 Å². The van der Waals surface area contributed by atoms with E-state index in [1.165, 1.54) is 16.7 Å². The zero-order valence-electron chi connectivity index (χ0n) is 19.0. The van der Waals surface area contributed by atoms with Gasteiger partial charge in [0.15, 0.2) is 5.78 Å². The molecule has 6 rings (SSSR count). The first-order valence-corrected chi connectivity index (χ1v) is 12.1. The molecular formula is C29H32O3. The predicted molar refractivity (Wildman–Crippen MR) is 125 cm³/mol. The number of fused-ring (bicyclic) bond motifs is 5. The SMILES string of the molecule is C[C@]1(O)C=C[C@H]2[C@@H]3CCC4=CC(=O)CC[C@@H]4[C@H]3[C@@H](c3ccc(-c4ccoc4)cc3)C[C@@]21C. The fraction of sp³-hybridized carbons (Fsp3) is 0.483. The molecule has 4 aliphatic carbocycles. The van der Waals surface area contributed by atoms with Crippen LogP contribution in [-0.4, -0.2) is 16.5 Å². The van der Waals surface area contributed by atoms with Gasteiger partial charge in [-0.15, -0.1) is 0 Å². The van der Waals surface area contributed by atoms with Crippen molar-refractivity contribution in [1.29, 1.82) is 0 Å². The van der Waals surface area contributed by atoms with Gasteiger partial charge in [-0.25, -0.2) is 0 Å². The lowest BCUT2D eigenvalue weighted by atomic mass is 9.46. The van der Waals surface area contributed by atoms with Crippen LogP contribution in [0.5, 0.6) is 0 Å². The first kappa shape index (κ1) is 20.2. The lowest BCUT2D eigenvalue weighted by molar-refractivity contribution is -0.117. The quantitative estimate of drug-likeness (QED) is 0.570. The molecule has 0 spiro atoms. The van der Waals surface area contributed by atoms with Gasteiger partial charge in [-0.05, 0) is 85.5 Å². The summed E-state index contributed by atoms with van der Waals surface area (Å²) in [7, 11) is 0. The van der Waals surface area contributed by atoms with E-state index in [4.69, 9.17) is 4.42 Å². The molecule has 1 N–H and O–H groups in total. The summed E-state index contributed by atoms with van der Waals surface area (Å²) in [6.07, 6.45) is 14.6. The number of rotatable bonds is 2. The third-order valence-electron chi connectivity index (χ3n) is 9.53. The van der Waals surface area contributed by atoms with Crippen molar-refractivity contribution in [3.8, 4) is 11.1 Å². The summed E-state index contributed by atoms with van der Waals surface area (Å²) in [6.45, 7) is 4.30. The summed E-state index contributed by atoms with van der Waals surface area (Å²) >= 11 is 0. The van der Waals surface area contributed by atoms with E-state index in [2.05, 4.69) is 43.3 Å². The molecule has 166 valence electrons. The van der Waals surface area contributed by atoms with Crippen molar-refractivity contribution in [2.45, 2.75) is 57.5 Å². The average Bonchev–Trinajstić information content (AvgIpc) is 3.40. The van der Waals surface area contributed by atoms with Crippen LogP contribution in [0.15, 0.2) is 71.1 Å². The van der Waals surface area contributed by atoms with Crippen molar-refractivity contribution in [3.05, 3.63) is 72.2 Å². The van der Waals surface area contributed by atoms with E-state index in [9.17, 15) is 9.90 Å². The molecule has 0 saturated heterocycles. The second-order valence-electron chi connectivity index (χ2n) is 11.0. The monoisotopic (exact) mass is 428 g/mol. The molecule has 0 radical (unpaired) electrons. The summed E-state index contributed by atoms with van der Waals surface area (Å²) in [5.74, 6) is 2.66. The molecule has 4 aliphatic rings. The highest BCUT2D eigenvalue weighted by molar-refractivity contribution is 5.91. The van der Waals surface area contributed by atoms with Crippen molar-refractivity contribution in [3.63, 3.8) is 0 Å². The van der Waals surface area contributed by atoms with Crippen LogP contribution >= 0.6 is 0 Å². The van der Waals surface area contributed by atoms with Gasteiger partial charge in [-0.2, -0.15) is 0 Å². The molecule has 0 unspecified atom stereocenters. The highest BCUT2D eigenvalue weighted by Crippen LogP contribution is 2.66. The fourth-order valence-corrected chi connectivity index (χ4v) is 7.66. The van der Waals surface area contributed by atoms with Gasteiger partial charge in [0.25, 0.3) is 0 Å². The number of furan rings is 1. The summed E-state index contributed by atoms with van der Waals surface area (Å²) in [4.78, 5) is 12.2. The lowest BCUT2D eigenvalue weighted by Gasteiger charge is -2.58. The Balaban J connectivity index is 1.43. The topological polar surface area (TPSA) is 50.4 Å². The van der Waals surface area contributed by atoms with Gasteiger partial charge in [0.2, 0.25) is 0 Å². The van der Waals surface area contributed by atoms with Crippen molar-refractivity contribution in [2.75, 3.05) is 0 Å². The summed E-state index contributed by atoms with van der Waals surface area (Å²) in [5, 5.41) is 11.4. The molecule has 0 amide bonds. The van der Waals surface area contributed by atoms with Gasteiger partial charge in [0.05, 0.1) is 18.1 Å². The Kier molecular flexibility index (Phi) is 4.46. The molecule has 32 heavy (non-hydrogen) atoms. The van der Waals surface area contributed by atoms with Gasteiger partial charge in [0.1, 0.15) is 0 Å². The second-order valence-corrected chi connectivity index (χ2v) is 11.0. The Bertz CT molecular complexity index is 1090. The van der Waals surface area contributed by atoms with Crippen LogP contribution in [0.25, 0.3) is 11.1 Å². The standard InChI is InChI=1S/C29H32O3/c1-28-16-25(19-5-3-18(4-6-19)21-12-14-32-17-21)27-23-10-8-22(30)15-20(23)7-9-24(27)26(28)11-13-29(28,2)31/h3-6,11-15,17,23-27,31H,7-10,16H2,1-2H3/t23-,24-,25+,26-,27+,28-,29-/m0/s1. The number of hydrogen-bond donors (Lipinski definition) is 1. The van der Waals surface area contributed by atoms with E-state index in [0.29, 0.717) is 41.8 Å². The van der Waals surface area contributed by atoms with Crippen LogP contribution in [0.3, 0.4) is 0 Å². The predicted octanol–water partition coefficient (Wildman–Crippen LogP) is 6.31. The molecule has 2 aromatic rings. The van der Waals surface area contributed by atoms with E-state index in [0.717, 1.165) is 31.2 Å². The average molecular weight is 429 g/mol. The van der Waals surface area contributed by atoms with E-state index in [1.807, 2.05) is 19.1 Å². The second kappa shape index (κ2) is 7.05. The molecule has 0 bridgehead atoms. The first-order chi connectivity index (χ1) is 15.4. The summed E-state index contributed by atoms with van der Waals surface area (Å²) in [5.41, 5.74) is 4.08. The number of carbonyl (C=O) groups is 1. The van der Waals surface area contributed by atoms with Crippen molar-refractivity contribution in [2.24, 2.45) is 29.1 Å².